The maximum atomic E-state index is 12.9. The van der Waals surface area contributed by atoms with Crippen molar-refractivity contribution in [3.63, 3.8) is 0 Å². The Morgan fingerprint density at radius 1 is 0.872 bits per heavy atom. The minimum absolute atomic E-state index is 0.0310. The Hall–Kier alpha value is -0.850. The predicted octanol–water partition coefficient (Wildman–Crippen LogP) is 3.84. The molecule has 266 valence electrons. The Kier molecular flexibility index (Phi) is 6.89. The van der Waals surface area contributed by atoms with E-state index in [0.717, 1.165) is 51.4 Å². The van der Waals surface area contributed by atoms with Crippen LogP contribution in [-0.2, 0) is 28.5 Å². The number of ether oxygens (including phenoxy) is 5. The average molecular weight is 663 g/mol. The molecule has 10 nitrogen and oxygen atoms in total. The molecule has 8 rings (SSSR count). The molecule has 8 aliphatic rings. The molecule has 3 aliphatic heterocycles. The van der Waals surface area contributed by atoms with Crippen LogP contribution in [-0.4, -0.2) is 92.9 Å². The zero-order chi connectivity index (χ0) is 34.0. The van der Waals surface area contributed by atoms with Crippen LogP contribution in [0.3, 0.4) is 0 Å². The van der Waals surface area contributed by atoms with Gasteiger partial charge in [-0.25, -0.2) is 0 Å². The van der Waals surface area contributed by atoms with Gasteiger partial charge in [0.2, 0.25) is 0 Å². The molecule has 4 N–H and O–H groups in total. The molecule has 16 atom stereocenters. The number of aliphatic hydroxyl groups is 4. The van der Waals surface area contributed by atoms with Crippen molar-refractivity contribution in [1.82, 2.24) is 0 Å². The Labute approximate surface area is 279 Å². The Balaban J connectivity index is 1.13. The van der Waals surface area contributed by atoms with E-state index in [4.69, 9.17) is 23.7 Å². The summed E-state index contributed by atoms with van der Waals surface area (Å²) in [5, 5.41) is 42.3. The van der Waals surface area contributed by atoms with E-state index < -0.39 is 47.7 Å². The fraction of sp³-hybridized carbons (Fsp3) is 0.973. The predicted molar refractivity (Wildman–Crippen MR) is 168 cm³/mol. The van der Waals surface area contributed by atoms with E-state index >= 15 is 0 Å². The van der Waals surface area contributed by atoms with Gasteiger partial charge in [0.05, 0.1) is 18.3 Å². The highest BCUT2D eigenvalue weighted by molar-refractivity contribution is 5.66. The molecule has 3 saturated heterocycles. The fourth-order valence-electron chi connectivity index (χ4n) is 14.2. The molecule has 2 spiro atoms. The number of hydrogen-bond donors (Lipinski definition) is 4. The largest absolute Gasteiger partial charge is 0.459 e. The van der Waals surface area contributed by atoms with Gasteiger partial charge in [0.25, 0.3) is 0 Å². The van der Waals surface area contributed by atoms with Gasteiger partial charge >= 0.3 is 5.97 Å². The van der Waals surface area contributed by atoms with E-state index in [-0.39, 0.29) is 57.8 Å². The first-order valence-corrected chi connectivity index (χ1v) is 18.3. The van der Waals surface area contributed by atoms with Crippen molar-refractivity contribution in [2.75, 3.05) is 6.61 Å². The highest BCUT2D eigenvalue weighted by Crippen LogP contribution is 2.90. The summed E-state index contributed by atoms with van der Waals surface area (Å²) in [5.41, 5.74) is -2.14. The van der Waals surface area contributed by atoms with E-state index in [9.17, 15) is 25.2 Å². The first-order valence-electron chi connectivity index (χ1n) is 18.3. The molecule has 0 radical (unpaired) electrons. The zero-order valence-electron chi connectivity index (χ0n) is 29.6. The van der Waals surface area contributed by atoms with E-state index in [1.807, 2.05) is 0 Å². The molecule has 10 heteroatoms. The van der Waals surface area contributed by atoms with Crippen LogP contribution in [0.25, 0.3) is 0 Å². The summed E-state index contributed by atoms with van der Waals surface area (Å²) in [6.45, 7) is 16.6. The standard InChI is InChI=1S/C37H58O10/c1-19(38)44-28-26-27(33(7)14-16-37(46-26,47-33)31(4,5)42)32(6)13-15-36-18-35(36)12-11-23(45-29-25(41)24(40)20(39)17-43-29)30(2,3)21(35)9-10-22(36)34(28,32)8/h20-29,39-42H,9-18H2,1-8H3. The van der Waals surface area contributed by atoms with Crippen molar-refractivity contribution in [3.05, 3.63) is 0 Å². The summed E-state index contributed by atoms with van der Waals surface area (Å²) in [5.74, 6) is -0.632. The van der Waals surface area contributed by atoms with E-state index in [0.29, 0.717) is 18.3 Å². The minimum Gasteiger partial charge on any atom is -0.459 e. The molecule has 8 fully saturated rings. The number of aliphatic hydroxyl groups excluding tert-OH is 3. The number of hydrogen-bond acceptors (Lipinski definition) is 10. The third kappa shape index (κ3) is 3.88. The molecule has 47 heavy (non-hydrogen) atoms. The highest BCUT2D eigenvalue weighted by Gasteiger charge is 2.87. The monoisotopic (exact) mass is 662 g/mol. The lowest BCUT2D eigenvalue weighted by Gasteiger charge is -2.64. The molecule has 5 aliphatic carbocycles. The molecule has 3 heterocycles. The van der Waals surface area contributed by atoms with Crippen LogP contribution in [0.15, 0.2) is 0 Å². The molecular formula is C37H58O10. The quantitative estimate of drug-likeness (QED) is 0.259. The SMILES string of the molecule is CC(=O)OC1C2OC3(C(C)(C)O)CCC(C)(O3)C2C2(C)CCC34CC35CCC(OC3OCC(O)C(O)C3O)C(C)(C)C5CCC4C12C. The van der Waals surface area contributed by atoms with Crippen LogP contribution < -0.4 is 0 Å². The second-order valence-electron chi connectivity index (χ2n) is 18.9. The maximum Gasteiger partial charge on any atom is 0.303 e. The minimum atomic E-state index is -1.30. The maximum absolute atomic E-state index is 12.9. The lowest BCUT2D eigenvalue weighted by Crippen LogP contribution is -2.63. The van der Waals surface area contributed by atoms with Gasteiger partial charge in [-0.1, -0.05) is 27.7 Å². The zero-order valence-corrected chi connectivity index (χ0v) is 29.6. The topological polar surface area (TPSA) is 144 Å². The number of rotatable bonds is 4. The van der Waals surface area contributed by atoms with Gasteiger partial charge in [0.15, 0.2) is 12.1 Å². The second kappa shape index (κ2) is 9.72. The first-order chi connectivity index (χ1) is 21.7. The van der Waals surface area contributed by atoms with Crippen LogP contribution in [0.4, 0.5) is 0 Å². The van der Waals surface area contributed by atoms with Crippen molar-refractivity contribution < 1.29 is 48.9 Å². The van der Waals surface area contributed by atoms with E-state index in [1.165, 1.54) is 6.92 Å². The van der Waals surface area contributed by atoms with Gasteiger partial charge in [-0.15, -0.1) is 0 Å². The number of carbonyl (C=O) groups is 1. The highest BCUT2D eigenvalue weighted by atomic mass is 16.7. The van der Waals surface area contributed by atoms with Gasteiger partial charge in [0, 0.05) is 24.7 Å². The van der Waals surface area contributed by atoms with Gasteiger partial charge in [-0.05, 0) is 106 Å². The molecule has 0 aromatic heterocycles. The lowest BCUT2D eigenvalue weighted by molar-refractivity contribution is -0.388. The van der Waals surface area contributed by atoms with Crippen LogP contribution in [0.5, 0.6) is 0 Å². The molecule has 5 saturated carbocycles. The smallest absolute Gasteiger partial charge is 0.303 e. The van der Waals surface area contributed by atoms with Gasteiger partial charge in [-0.2, -0.15) is 0 Å². The molecular weight excluding hydrogens is 604 g/mol. The number of fused-ring (bicyclic) bond motifs is 7. The summed E-state index contributed by atoms with van der Waals surface area (Å²) in [7, 11) is 0. The van der Waals surface area contributed by atoms with Crippen molar-refractivity contribution in [2.45, 2.75) is 173 Å². The summed E-state index contributed by atoms with van der Waals surface area (Å²) in [4.78, 5) is 12.9. The van der Waals surface area contributed by atoms with Crippen LogP contribution in [0.2, 0.25) is 0 Å². The fourth-order valence-corrected chi connectivity index (χ4v) is 14.2. The lowest BCUT2D eigenvalue weighted by atomic mass is 9.41. The Morgan fingerprint density at radius 2 is 1.55 bits per heavy atom. The van der Waals surface area contributed by atoms with Crippen molar-refractivity contribution in [2.24, 2.45) is 44.8 Å². The summed E-state index contributed by atoms with van der Waals surface area (Å²) < 4.78 is 32.5. The third-order valence-corrected chi connectivity index (χ3v) is 16.4. The van der Waals surface area contributed by atoms with E-state index in [1.54, 1.807) is 13.8 Å². The Bertz CT molecular complexity index is 1330. The molecule has 2 bridgehead atoms. The summed E-state index contributed by atoms with van der Waals surface area (Å²) in [6, 6.07) is 0. The molecule has 0 aromatic carbocycles. The number of esters is 1. The van der Waals surface area contributed by atoms with Crippen LogP contribution in [0.1, 0.15) is 113 Å². The van der Waals surface area contributed by atoms with Gasteiger partial charge in [0.1, 0.15) is 36.1 Å². The summed E-state index contributed by atoms with van der Waals surface area (Å²) in [6.07, 6.45) is 2.97. The van der Waals surface area contributed by atoms with Gasteiger partial charge in [-0.3, -0.25) is 4.79 Å². The second-order valence-corrected chi connectivity index (χ2v) is 18.9. The van der Waals surface area contributed by atoms with Crippen LogP contribution in [0, 0.1) is 44.8 Å². The average Bonchev–Trinajstić information content (AvgIpc) is 3.49. The molecule has 16 unspecified atom stereocenters. The van der Waals surface area contributed by atoms with Crippen molar-refractivity contribution in [1.29, 1.82) is 0 Å². The van der Waals surface area contributed by atoms with E-state index in [2.05, 4.69) is 34.6 Å². The first kappa shape index (κ1) is 33.3. The van der Waals surface area contributed by atoms with Crippen LogP contribution >= 0.6 is 0 Å². The Morgan fingerprint density at radius 3 is 2.23 bits per heavy atom. The number of carbonyl (C=O) groups excluding carboxylic acids is 1. The van der Waals surface area contributed by atoms with Crippen molar-refractivity contribution in [3.8, 4) is 0 Å². The third-order valence-electron chi connectivity index (χ3n) is 16.4. The molecule has 0 amide bonds. The molecule has 0 aromatic rings. The van der Waals surface area contributed by atoms with Gasteiger partial charge < -0.3 is 44.1 Å². The van der Waals surface area contributed by atoms with Crippen molar-refractivity contribution >= 4 is 5.97 Å². The summed E-state index contributed by atoms with van der Waals surface area (Å²) >= 11 is 0. The normalized spacial score (nSPS) is 58.8.